The molecule has 0 aromatic heterocycles. The lowest BCUT2D eigenvalue weighted by Gasteiger charge is -2.16. The van der Waals surface area contributed by atoms with Crippen LogP contribution in [0.1, 0.15) is 52.0 Å². The zero-order chi connectivity index (χ0) is 19.9. The van der Waals surface area contributed by atoms with Gasteiger partial charge in [-0.2, -0.15) is 5.26 Å². The zero-order valence-corrected chi connectivity index (χ0v) is 17.1. The van der Waals surface area contributed by atoms with Crippen LogP contribution in [0.15, 0.2) is 36.4 Å². The van der Waals surface area contributed by atoms with Gasteiger partial charge in [-0.25, -0.2) is 0 Å². The van der Waals surface area contributed by atoms with Crippen LogP contribution in [-0.4, -0.2) is 11.7 Å². The summed E-state index contributed by atoms with van der Waals surface area (Å²) in [5.41, 5.74) is 2.54. The lowest BCUT2D eigenvalue weighted by Crippen LogP contribution is -2.07. The van der Waals surface area contributed by atoms with Gasteiger partial charge in [0.2, 0.25) is 0 Å². The molecule has 0 amide bonds. The standard InChI is InChI=1S/C23H28ClNO2/c1-4-17-14-20(18-8-10-19(24)11-9-18)21(26)15-22(17)27-13-7-5-6-12-23(2,3)16-25/h8-11,14-15,26H,4-7,12-13H2,1-3H3. The van der Waals surface area contributed by atoms with Crippen molar-refractivity contribution >= 4 is 11.6 Å². The number of hydrogen-bond donors (Lipinski definition) is 1. The highest BCUT2D eigenvalue weighted by Gasteiger charge is 2.15. The van der Waals surface area contributed by atoms with Gasteiger partial charge in [0.25, 0.3) is 0 Å². The Balaban J connectivity index is 1.97. The Morgan fingerprint density at radius 1 is 1.11 bits per heavy atom. The largest absolute Gasteiger partial charge is 0.507 e. The predicted molar refractivity (Wildman–Crippen MR) is 111 cm³/mol. The van der Waals surface area contributed by atoms with E-state index in [4.69, 9.17) is 21.6 Å². The summed E-state index contributed by atoms with van der Waals surface area (Å²) in [6.07, 6.45) is 4.71. The maximum Gasteiger partial charge on any atom is 0.127 e. The van der Waals surface area contributed by atoms with Crippen LogP contribution in [0.25, 0.3) is 11.1 Å². The third kappa shape index (κ3) is 6.19. The van der Waals surface area contributed by atoms with E-state index >= 15 is 0 Å². The molecule has 2 rings (SSSR count). The minimum Gasteiger partial charge on any atom is -0.507 e. The smallest absolute Gasteiger partial charge is 0.127 e. The van der Waals surface area contributed by atoms with Crippen LogP contribution in [-0.2, 0) is 6.42 Å². The van der Waals surface area contributed by atoms with E-state index in [0.717, 1.165) is 54.5 Å². The molecule has 0 radical (unpaired) electrons. The molecule has 0 aliphatic carbocycles. The number of rotatable bonds is 9. The fourth-order valence-electron chi connectivity index (χ4n) is 2.97. The summed E-state index contributed by atoms with van der Waals surface area (Å²) < 4.78 is 5.93. The van der Waals surface area contributed by atoms with Crippen molar-refractivity contribution in [3.05, 3.63) is 47.0 Å². The van der Waals surface area contributed by atoms with Crippen molar-refractivity contribution in [1.29, 1.82) is 5.26 Å². The Hall–Kier alpha value is -2.18. The van der Waals surface area contributed by atoms with Gasteiger partial charge in [0, 0.05) is 16.7 Å². The number of ether oxygens (including phenoxy) is 1. The van der Waals surface area contributed by atoms with E-state index in [2.05, 4.69) is 13.0 Å². The Kier molecular flexibility index (Phi) is 7.56. The SMILES string of the molecule is CCc1cc(-c2ccc(Cl)cc2)c(O)cc1OCCCCCC(C)(C)C#N. The lowest BCUT2D eigenvalue weighted by molar-refractivity contribution is 0.296. The van der Waals surface area contributed by atoms with Gasteiger partial charge in [0.1, 0.15) is 11.5 Å². The fourth-order valence-corrected chi connectivity index (χ4v) is 3.10. The molecule has 2 aromatic carbocycles. The van der Waals surface area contributed by atoms with Crippen molar-refractivity contribution in [2.45, 2.75) is 52.9 Å². The number of aromatic hydroxyl groups is 1. The molecule has 144 valence electrons. The van der Waals surface area contributed by atoms with Crippen molar-refractivity contribution in [2.75, 3.05) is 6.61 Å². The van der Waals surface area contributed by atoms with E-state index in [0.29, 0.717) is 11.6 Å². The van der Waals surface area contributed by atoms with Crippen LogP contribution in [0.2, 0.25) is 5.02 Å². The van der Waals surface area contributed by atoms with E-state index in [1.165, 1.54) is 0 Å². The molecule has 27 heavy (non-hydrogen) atoms. The molecule has 0 aliphatic rings. The van der Waals surface area contributed by atoms with E-state index in [1.54, 1.807) is 6.07 Å². The fraction of sp³-hybridized carbons (Fsp3) is 0.435. The second-order valence-corrected chi connectivity index (χ2v) is 7.93. The van der Waals surface area contributed by atoms with Gasteiger partial charge in [-0.1, -0.05) is 43.5 Å². The summed E-state index contributed by atoms with van der Waals surface area (Å²) in [7, 11) is 0. The van der Waals surface area contributed by atoms with Gasteiger partial charge in [0.05, 0.1) is 18.1 Å². The summed E-state index contributed by atoms with van der Waals surface area (Å²) in [4.78, 5) is 0. The highest BCUT2D eigenvalue weighted by atomic mass is 35.5. The summed E-state index contributed by atoms with van der Waals surface area (Å²) >= 11 is 5.95. The third-order valence-corrected chi connectivity index (χ3v) is 4.97. The van der Waals surface area contributed by atoms with Crippen LogP contribution < -0.4 is 4.74 Å². The number of aryl methyl sites for hydroxylation is 1. The van der Waals surface area contributed by atoms with Crippen molar-refractivity contribution in [3.63, 3.8) is 0 Å². The molecule has 0 saturated carbocycles. The molecule has 0 saturated heterocycles. The maximum atomic E-state index is 10.4. The van der Waals surface area contributed by atoms with E-state index in [1.807, 2.05) is 44.2 Å². The Morgan fingerprint density at radius 2 is 1.81 bits per heavy atom. The first kappa shape index (κ1) is 21.1. The Bertz CT molecular complexity index is 791. The normalized spacial score (nSPS) is 11.2. The molecule has 0 spiro atoms. The first-order chi connectivity index (χ1) is 12.9. The molecule has 1 N–H and O–H groups in total. The molecule has 0 unspecified atom stereocenters. The number of phenols is 1. The van der Waals surface area contributed by atoms with E-state index in [9.17, 15) is 5.11 Å². The van der Waals surface area contributed by atoms with Crippen LogP contribution in [0, 0.1) is 16.7 Å². The van der Waals surface area contributed by atoms with Gasteiger partial charge >= 0.3 is 0 Å². The number of hydrogen-bond acceptors (Lipinski definition) is 3. The molecule has 4 heteroatoms. The average molecular weight is 386 g/mol. The van der Waals surface area contributed by atoms with Crippen LogP contribution in [0.5, 0.6) is 11.5 Å². The number of nitriles is 1. The summed E-state index contributed by atoms with van der Waals surface area (Å²) in [6, 6.07) is 13.5. The van der Waals surface area contributed by atoms with Crippen LogP contribution >= 0.6 is 11.6 Å². The molecule has 0 fully saturated rings. The summed E-state index contributed by atoms with van der Waals surface area (Å²) in [5.74, 6) is 0.949. The lowest BCUT2D eigenvalue weighted by atomic mass is 9.89. The molecular weight excluding hydrogens is 358 g/mol. The first-order valence-corrected chi connectivity index (χ1v) is 9.90. The van der Waals surface area contributed by atoms with Crippen molar-refractivity contribution in [3.8, 4) is 28.7 Å². The molecule has 2 aromatic rings. The van der Waals surface area contributed by atoms with Gasteiger partial charge in [0.15, 0.2) is 0 Å². The quantitative estimate of drug-likeness (QED) is 0.485. The monoisotopic (exact) mass is 385 g/mol. The molecule has 0 atom stereocenters. The van der Waals surface area contributed by atoms with Gasteiger partial charge < -0.3 is 9.84 Å². The minimum atomic E-state index is -0.250. The molecular formula is C23H28ClNO2. The van der Waals surface area contributed by atoms with E-state index in [-0.39, 0.29) is 11.2 Å². The zero-order valence-electron chi connectivity index (χ0n) is 16.4. The predicted octanol–water partition coefficient (Wildman–Crippen LogP) is 6.76. The maximum absolute atomic E-state index is 10.4. The number of phenolic OH excluding ortho intramolecular Hbond substituents is 1. The average Bonchev–Trinajstić information content (AvgIpc) is 2.65. The van der Waals surface area contributed by atoms with Gasteiger partial charge in [-0.05, 0) is 62.4 Å². The van der Waals surface area contributed by atoms with Gasteiger partial charge in [-0.15, -0.1) is 0 Å². The van der Waals surface area contributed by atoms with Crippen molar-refractivity contribution < 1.29 is 9.84 Å². The molecule has 3 nitrogen and oxygen atoms in total. The highest BCUT2D eigenvalue weighted by Crippen LogP contribution is 2.36. The highest BCUT2D eigenvalue weighted by molar-refractivity contribution is 6.30. The number of unbranched alkanes of at least 4 members (excludes halogenated alkanes) is 2. The number of benzene rings is 2. The molecule has 0 bridgehead atoms. The minimum absolute atomic E-state index is 0.209. The molecule has 0 aliphatic heterocycles. The topological polar surface area (TPSA) is 53.2 Å². The number of nitrogens with zero attached hydrogens (tertiary/aromatic N) is 1. The second-order valence-electron chi connectivity index (χ2n) is 7.49. The Morgan fingerprint density at radius 3 is 2.44 bits per heavy atom. The number of halogens is 1. The first-order valence-electron chi connectivity index (χ1n) is 9.52. The third-order valence-electron chi connectivity index (χ3n) is 4.72. The van der Waals surface area contributed by atoms with Crippen LogP contribution in [0.4, 0.5) is 0 Å². The second kappa shape index (κ2) is 9.67. The summed E-state index contributed by atoms with van der Waals surface area (Å²) in [5, 5.41) is 20.2. The van der Waals surface area contributed by atoms with Crippen molar-refractivity contribution in [1.82, 2.24) is 0 Å². The molecule has 0 heterocycles. The van der Waals surface area contributed by atoms with Gasteiger partial charge in [-0.3, -0.25) is 0 Å². The van der Waals surface area contributed by atoms with E-state index < -0.39 is 0 Å². The Labute approximate surface area is 167 Å². The summed E-state index contributed by atoms with van der Waals surface area (Å²) in [6.45, 7) is 6.64. The van der Waals surface area contributed by atoms with Crippen LogP contribution in [0.3, 0.4) is 0 Å². The van der Waals surface area contributed by atoms with Crippen molar-refractivity contribution in [2.24, 2.45) is 5.41 Å².